The van der Waals surface area contributed by atoms with Gasteiger partial charge in [-0.15, -0.1) is 0 Å². The fourth-order valence-corrected chi connectivity index (χ4v) is 1.38. The summed E-state index contributed by atoms with van der Waals surface area (Å²) in [7, 11) is 2.58. The predicted octanol–water partition coefficient (Wildman–Crippen LogP) is 0.846. The van der Waals surface area contributed by atoms with Crippen LogP contribution in [0.2, 0.25) is 0 Å². The normalized spacial score (nSPS) is 9.38. The minimum atomic E-state index is -0.663. The highest BCUT2D eigenvalue weighted by Gasteiger charge is 2.20. The van der Waals surface area contributed by atoms with Gasteiger partial charge in [-0.05, 0) is 6.07 Å². The molecule has 0 unspecified atom stereocenters. The Hall–Kier alpha value is -2.06. The van der Waals surface area contributed by atoms with Gasteiger partial charge >= 0.3 is 5.97 Å². The van der Waals surface area contributed by atoms with Gasteiger partial charge in [0.15, 0.2) is 0 Å². The number of carbonyl (C=O) groups is 1. The van der Waals surface area contributed by atoms with Crippen LogP contribution in [-0.4, -0.2) is 25.3 Å². The lowest BCUT2D eigenvalue weighted by Crippen LogP contribution is -2.09. The molecule has 0 fully saturated rings. The van der Waals surface area contributed by atoms with Crippen molar-refractivity contribution in [1.82, 2.24) is 0 Å². The molecule has 5 heteroatoms. The molecular weight excluding hydrogens is 210 g/mol. The smallest absolute Gasteiger partial charge is 0.343 e. The largest absolute Gasteiger partial charge is 0.495 e. The lowest BCUT2D eigenvalue weighted by atomic mass is 10.0. The topological polar surface area (TPSA) is 79.6 Å². The zero-order valence-electron chi connectivity index (χ0n) is 8.98. The van der Waals surface area contributed by atoms with Gasteiger partial charge in [0, 0.05) is 5.56 Å². The second kappa shape index (κ2) is 5.14. The van der Waals surface area contributed by atoms with Gasteiger partial charge in [-0.2, -0.15) is 5.26 Å². The second-order valence-electron chi connectivity index (χ2n) is 2.94. The van der Waals surface area contributed by atoms with Crippen molar-refractivity contribution >= 4 is 5.97 Å². The van der Waals surface area contributed by atoms with Crippen LogP contribution in [0, 0.1) is 11.3 Å². The van der Waals surface area contributed by atoms with E-state index in [1.807, 2.05) is 6.07 Å². The molecule has 0 saturated heterocycles. The molecule has 1 N–H and O–H groups in total. The van der Waals surface area contributed by atoms with E-state index in [1.54, 1.807) is 0 Å². The Labute approximate surface area is 92.8 Å². The highest BCUT2D eigenvalue weighted by atomic mass is 16.5. The van der Waals surface area contributed by atoms with Crippen LogP contribution >= 0.6 is 0 Å². The van der Waals surface area contributed by atoms with Crippen LogP contribution in [0.1, 0.15) is 21.5 Å². The Balaban J connectivity index is 3.50. The van der Waals surface area contributed by atoms with Crippen molar-refractivity contribution in [3.8, 4) is 11.8 Å². The number of aliphatic hydroxyl groups is 1. The minimum absolute atomic E-state index is 0.0408. The number of nitriles is 1. The van der Waals surface area contributed by atoms with Gasteiger partial charge in [-0.3, -0.25) is 0 Å². The molecule has 0 radical (unpaired) electrons. The number of rotatable bonds is 3. The maximum atomic E-state index is 11.5. The lowest BCUT2D eigenvalue weighted by molar-refractivity contribution is 0.0596. The Morgan fingerprint density at radius 3 is 2.62 bits per heavy atom. The van der Waals surface area contributed by atoms with Gasteiger partial charge < -0.3 is 14.6 Å². The van der Waals surface area contributed by atoms with Crippen molar-refractivity contribution in [1.29, 1.82) is 5.26 Å². The van der Waals surface area contributed by atoms with E-state index in [0.717, 1.165) is 0 Å². The van der Waals surface area contributed by atoms with Crippen LogP contribution < -0.4 is 4.74 Å². The molecule has 0 amide bonds. The molecule has 0 aliphatic rings. The molecule has 0 aliphatic heterocycles. The molecule has 0 saturated carbocycles. The molecule has 5 nitrogen and oxygen atoms in total. The van der Waals surface area contributed by atoms with Gasteiger partial charge in [0.05, 0.1) is 26.4 Å². The average Bonchev–Trinajstić information content (AvgIpc) is 2.35. The van der Waals surface area contributed by atoms with E-state index in [1.165, 1.54) is 26.4 Å². The lowest BCUT2D eigenvalue weighted by Gasteiger charge is -2.11. The third kappa shape index (κ3) is 1.97. The summed E-state index contributed by atoms with van der Waals surface area (Å²) < 4.78 is 9.59. The van der Waals surface area contributed by atoms with Gasteiger partial charge in [0.1, 0.15) is 17.4 Å². The molecule has 1 aromatic rings. The van der Waals surface area contributed by atoms with E-state index in [4.69, 9.17) is 15.1 Å². The molecule has 0 aromatic heterocycles. The molecule has 0 aliphatic carbocycles. The maximum Gasteiger partial charge on any atom is 0.343 e. The van der Waals surface area contributed by atoms with Crippen molar-refractivity contribution < 1.29 is 19.4 Å². The summed E-state index contributed by atoms with van der Waals surface area (Å²) in [5, 5.41) is 17.9. The average molecular weight is 221 g/mol. The Morgan fingerprint density at radius 1 is 1.50 bits per heavy atom. The summed E-state index contributed by atoms with van der Waals surface area (Å²) in [5.41, 5.74) is 0.627. The fraction of sp³-hybridized carbons (Fsp3) is 0.273. The highest BCUT2D eigenvalue weighted by molar-refractivity contribution is 5.95. The first kappa shape index (κ1) is 12.0. The Bertz CT molecular complexity index is 448. The number of nitrogens with zero attached hydrogens (tertiary/aromatic N) is 1. The van der Waals surface area contributed by atoms with Gasteiger partial charge in [-0.25, -0.2) is 4.79 Å². The molecule has 0 bridgehead atoms. The van der Waals surface area contributed by atoms with Gasteiger partial charge in [-0.1, -0.05) is 6.07 Å². The van der Waals surface area contributed by atoms with Crippen molar-refractivity contribution in [3.05, 3.63) is 28.8 Å². The van der Waals surface area contributed by atoms with Crippen molar-refractivity contribution in [2.24, 2.45) is 0 Å². The van der Waals surface area contributed by atoms with E-state index in [2.05, 4.69) is 4.74 Å². The molecule has 16 heavy (non-hydrogen) atoms. The zero-order valence-corrected chi connectivity index (χ0v) is 8.98. The Morgan fingerprint density at radius 2 is 2.19 bits per heavy atom. The van der Waals surface area contributed by atoms with Crippen LogP contribution in [0.15, 0.2) is 12.1 Å². The first-order valence-electron chi connectivity index (χ1n) is 4.48. The van der Waals surface area contributed by atoms with Gasteiger partial charge in [0.2, 0.25) is 0 Å². The molecule has 0 atom stereocenters. The summed E-state index contributed by atoms with van der Waals surface area (Å²) in [6.07, 6.45) is 0. The summed E-state index contributed by atoms with van der Waals surface area (Å²) in [6.45, 7) is -0.279. The number of hydrogen-bond donors (Lipinski definition) is 1. The third-order valence-corrected chi connectivity index (χ3v) is 2.12. The second-order valence-corrected chi connectivity index (χ2v) is 2.94. The fourth-order valence-electron chi connectivity index (χ4n) is 1.38. The van der Waals surface area contributed by atoms with Crippen LogP contribution in [0.25, 0.3) is 0 Å². The SMILES string of the molecule is COC(=O)c1c(C#N)ccc(CO)c1OC. The van der Waals surface area contributed by atoms with Crippen molar-refractivity contribution in [2.45, 2.75) is 6.61 Å². The first-order chi connectivity index (χ1) is 7.69. The van der Waals surface area contributed by atoms with Crippen LogP contribution in [0.4, 0.5) is 0 Å². The van der Waals surface area contributed by atoms with E-state index < -0.39 is 5.97 Å². The summed E-state index contributed by atoms with van der Waals surface area (Å²) in [5.74, 6) is -0.489. The molecule has 0 heterocycles. The number of ether oxygens (including phenoxy) is 2. The van der Waals surface area contributed by atoms with Crippen LogP contribution in [-0.2, 0) is 11.3 Å². The number of methoxy groups -OCH3 is 2. The zero-order chi connectivity index (χ0) is 12.1. The molecule has 1 aromatic carbocycles. The summed E-state index contributed by atoms with van der Waals surface area (Å²) >= 11 is 0. The predicted molar refractivity (Wildman–Crippen MR) is 55.0 cm³/mol. The molecular formula is C11H11NO4. The number of benzene rings is 1. The van der Waals surface area contributed by atoms with Crippen molar-refractivity contribution in [3.63, 3.8) is 0 Å². The summed E-state index contributed by atoms with van der Waals surface area (Å²) in [4.78, 5) is 11.5. The van der Waals surface area contributed by atoms with E-state index in [-0.39, 0.29) is 23.5 Å². The van der Waals surface area contributed by atoms with E-state index in [0.29, 0.717) is 5.56 Å². The monoisotopic (exact) mass is 221 g/mol. The number of esters is 1. The molecule has 84 valence electrons. The number of carbonyl (C=O) groups excluding carboxylic acids is 1. The standard InChI is InChI=1S/C11H11NO4/c1-15-10-8(6-13)4-3-7(5-12)9(10)11(14)16-2/h3-4,13H,6H2,1-2H3. The van der Waals surface area contributed by atoms with Crippen LogP contribution in [0.3, 0.4) is 0 Å². The van der Waals surface area contributed by atoms with Crippen molar-refractivity contribution in [2.75, 3.05) is 14.2 Å². The molecule has 0 spiro atoms. The quantitative estimate of drug-likeness (QED) is 0.765. The van der Waals surface area contributed by atoms with E-state index >= 15 is 0 Å². The van der Waals surface area contributed by atoms with Crippen LogP contribution in [0.5, 0.6) is 5.75 Å². The van der Waals surface area contributed by atoms with Gasteiger partial charge in [0.25, 0.3) is 0 Å². The number of aliphatic hydroxyl groups excluding tert-OH is 1. The number of hydrogen-bond acceptors (Lipinski definition) is 5. The Kier molecular flexibility index (Phi) is 3.86. The molecule has 1 rings (SSSR count). The minimum Gasteiger partial charge on any atom is -0.495 e. The first-order valence-corrected chi connectivity index (χ1v) is 4.48. The third-order valence-electron chi connectivity index (χ3n) is 2.12. The summed E-state index contributed by atoms with van der Waals surface area (Å²) in [6, 6.07) is 4.85. The maximum absolute atomic E-state index is 11.5. The highest BCUT2D eigenvalue weighted by Crippen LogP contribution is 2.27. The van der Waals surface area contributed by atoms with E-state index in [9.17, 15) is 4.79 Å².